The number of hydrogen-bond donors (Lipinski definition) is 1. The number of fused-ring (bicyclic) bond motifs is 1. The molecule has 0 aliphatic rings. The molecule has 0 radical (unpaired) electrons. The highest BCUT2D eigenvalue weighted by Crippen LogP contribution is 2.34. The van der Waals surface area contributed by atoms with Crippen LogP contribution in [0.3, 0.4) is 0 Å². The molecule has 1 aromatic heterocycles. The van der Waals surface area contributed by atoms with Crippen molar-refractivity contribution < 1.29 is 9.53 Å². The van der Waals surface area contributed by atoms with Crippen LogP contribution in [0, 0.1) is 0 Å². The van der Waals surface area contributed by atoms with Crippen LogP contribution in [0.25, 0.3) is 27.7 Å². The number of benzene rings is 4. The lowest BCUT2D eigenvalue weighted by Crippen LogP contribution is -2.35. The van der Waals surface area contributed by atoms with Crippen LogP contribution in [-0.2, 0) is 4.79 Å². The number of amides is 1. The normalized spacial score (nSPS) is 12.1. The lowest BCUT2D eigenvalue weighted by atomic mass is 10.1. The van der Waals surface area contributed by atoms with Crippen molar-refractivity contribution in [3.05, 3.63) is 113 Å². The molecule has 0 bridgehead atoms. The van der Waals surface area contributed by atoms with Crippen molar-refractivity contribution >= 4 is 38.8 Å². The van der Waals surface area contributed by atoms with Gasteiger partial charge in [0.25, 0.3) is 5.91 Å². The highest BCUT2D eigenvalue weighted by atomic mass is 79.9. The zero-order chi connectivity index (χ0) is 25.6. The molecule has 1 heterocycles. The number of carbonyl (C=O) groups is 1. The van der Waals surface area contributed by atoms with Crippen molar-refractivity contribution in [2.24, 2.45) is 5.10 Å². The minimum atomic E-state index is -0.699. The van der Waals surface area contributed by atoms with E-state index in [0.717, 1.165) is 37.8 Å². The fraction of sp³-hybridized carbons (Fsp3) is 0.100. The molecule has 0 fully saturated rings. The molecule has 0 spiro atoms. The summed E-state index contributed by atoms with van der Waals surface area (Å²) in [6.07, 6.45) is 3.30. The molecule has 1 atom stereocenters. The van der Waals surface area contributed by atoms with Gasteiger partial charge in [-0.1, -0.05) is 85.8 Å². The monoisotopic (exact) mass is 552 g/mol. The minimum Gasteiger partial charge on any atom is -0.479 e. The highest BCUT2D eigenvalue weighted by molar-refractivity contribution is 9.10. The molecule has 7 heteroatoms. The van der Waals surface area contributed by atoms with Crippen LogP contribution in [0.15, 0.2) is 113 Å². The lowest BCUT2D eigenvalue weighted by molar-refractivity contribution is -0.128. The van der Waals surface area contributed by atoms with E-state index in [1.165, 1.54) is 0 Å². The lowest BCUT2D eigenvalue weighted by Gasteiger charge is -2.17. The van der Waals surface area contributed by atoms with E-state index in [2.05, 4.69) is 26.5 Å². The van der Waals surface area contributed by atoms with Crippen LogP contribution in [0.4, 0.5) is 0 Å². The summed E-state index contributed by atoms with van der Waals surface area (Å²) in [6, 6.07) is 31.6. The number of hydrazone groups is 1. The van der Waals surface area contributed by atoms with E-state index in [1.807, 2.05) is 110 Å². The molecule has 184 valence electrons. The third kappa shape index (κ3) is 5.47. The third-order valence-electron chi connectivity index (χ3n) is 5.95. The molecule has 0 saturated heterocycles. The molecule has 0 unspecified atom stereocenters. The van der Waals surface area contributed by atoms with Gasteiger partial charge in [-0.3, -0.25) is 4.79 Å². The van der Waals surface area contributed by atoms with Crippen LogP contribution < -0.4 is 10.2 Å². The SMILES string of the molecule is CC[C@H](Oc1ccc2ccccc2c1Br)C(=O)NN=Cc1cn(-c2ccccc2)nc1-c1ccccc1. The van der Waals surface area contributed by atoms with Crippen molar-refractivity contribution in [2.45, 2.75) is 19.4 Å². The summed E-state index contributed by atoms with van der Waals surface area (Å²) >= 11 is 3.63. The predicted octanol–water partition coefficient (Wildman–Crippen LogP) is 6.76. The molecule has 0 aliphatic carbocycles. The van der Waals surface area contributed by atoms with Gasteiger partial charge in [0.05, 0.1) is 16.4 Å². The van der Waals surface area contributed by atoms with E-state index in [4.69, 9.17) is 9.84 Å². The number of para-hydroxylation sites is 1. The van der Waals surface area contributed by atoms with E-state index in [0.29, 0.717) is 12.2 Å². The summed E-state index contributed by atoms with van der Waals surface area (Å²) in [7, 11) is 0. The Bertz CT molecular complexity index is 1550. The molecule has 1 amide bonds. The Balaban J connectivity index is 1.35. The summed E-state index contributed by atoms with van der Waals surface area (Å²) in [4.78, 5) is 12.9. The maximum absolute atomic E-state index is 12.9. The van der Waals surface area contributed by atoms with Gasteiger partial charge in [-0.25, -0.2) is 10.1 Å². The molecule has 5 aromatic rings. The summed E-state index contributed by atoms with van der Waals surface area (Å²) in [5.41, 5.74) is 6.08. The quantitative estimate of drug-likeness (QED) is 0.171. The minimum absolute atomic E-state index is 0.324. The van der Waals surface area contributed by atoms with E-state index in [-0.39, 0.29) is 5.91 Å². The zero-order valence-corrected chi connectivity index (χ0v) is 21.8. The van der Waals surface area contributed by atoms with Gasteiger partial charge in [-0.2, -0.15) is 10.2 Å². The number of halogens is 1. The summed E-state index contributed by atoms with van der Waals surface area (Å²) < 4.78 is 8.70. The number of hydrogen-bond acceptors (Lipinski definition) is 4. The van der Waals surface area contributed by atoms with Crippen LogP contribution in [-0.4, -0.2) is 28.0 Å². The first kappa shape index (κ1) is 24.5. The van der Waals surface area contributed by atoms with Gasteiger partial charge >= 0.3 is 0 Å². The van der Waals surface area contributed by atoms with Gasteiger partial charge in [-0.15, -0.1) is 0 Å². The van der Waals surface area contributed by atoms with Gasteiger partial charge in [-0.05, 0) is 51.3 Å². The first-order valence-corrected chi connectivity index (χ1v) is 12.8. The third-order valence-corrected chi connectivity index (χ3v) is 6.77. The second-order valence-corrected chi connectivity index (χ2v) is 9.22. The second kappa shape index (κ2) is 11.2. The fourth-order valence-electron chi connectivity index (χ4n) is 4.03. The average molecular weight is 553 g/mol. The number of ether oxygens (including phenoxy) is 1. The van der Waals surface area contributed by atoms with Crippen LogP contribution in [0.2, 0.25) is 0 Å². The topological polar surface area (TPSA) is 68.5 Å². The summed E-state index contributed by atoms with van der Waals surface area (Å²) in [5, 5.41) is 11.1. The first-order valence-electron chi connectivity index (χ1n) is 12.0. The highest BCUT2D eigenvalue weighted by Gasteiger charge is 2.20. The number of nitrogens with zero attached hydrogens (tertiary/aromatic N) is 3. The Hall–Kier alpha value is -4.23. The maximum Gasteiger partial charge on any atom is 0.281 e. The van der Waals surface area contributed by atoms with E-state index < -0.39 is 6.10 Å². The molecule has 4 aromatic carbocycles. The number of aromatic nitrogens is 2. The molecule has 37 heavy (non-hydrogen) atoms. The Kier molecular flexibility index (Phi) is 7.42. The molecule has 0 saturated carbocycles. The molecular weight excluding hydrogens is 528 g/mol. The fourth-order valence-corrected chi connectivity index (χ4v) is 4.62. The molecule has 6 nitrogen and oxygen atoms in total. The molecule has 5 rings (SSSR count). The Morgan fingerprint density at radius 3 is 2.46 bits per heavy atom. The van der Waals surface area contributed by atoms with E-state index in [9.17, 15) is 4.79 Å². The van der Waals surface area contributed by atoms with E-state index in [1.54, 1.807) is 10.9 Å². The molecule has 0 aliphatic heterocycles. The van der Waals surface area contributed by atoms with Crippen molar-refractivity contribution in [1.82, 2.24) is 15.2 Å². The van der Waals surface area contributed by atoms with Crippen molar-refractivity contribution in [3.8, 4) is 22.7 Å². The Morgan fingerprint density at radius 1 is 1.00 bits per heavy atom. The average Bonchev–Trinajstić information content (AvgIpc) is 3.38. The van der Waals surface area contributed by atoms with Gasteiger partial charge in [0.2, 0.25) is 0 Å². The number of nitrogens with one attached hydrogen (secondary N) is 1. The number of carbonyl (C=O) groups excluding carboxylic acids is 1. The summed E-state index contributed by atoms with van der Waals surface area (Å²) in [6.45, 7) is 1.90. The van der Waals surface area contributed by atoms with Crippen molar-refractivity contribution in [1.29, 1.82) is 0 Å². The smallest absolute Gasteiger partial charge is 0.281 e. The predicted molar refractivity (Wildman–Crippen MR) is 151 cm³/mol. The van der Waals surface area contributed by atoms with Crippen LogP contribution in [0.5, 0.6) is 5.75 Å². The van der Waals surface area contributed by atoms with Gasteiger partial charge in [0.15, 0.2) is 6.10 Å². The maximum atomic E-state index is 12.9. The first-order chi connectivity index (χ1) is 18.1. The van der Waals surface area contributed by atoms with Gasteiger partial charge in [0, 0.05) is 17.3 Å². The van der Waals surface area contributed by atoms with Crippen molar-refractivity contribution in [2.75, 3.05) is 0 Å². The standard InChI is InChI=1S/C30H25BrN4O2/c1-2-26(37-27-18-17-21-11-9-10-16-25(21)28(27)31)30(36)33-32-19-23-20-35(24-14-7-4-8-15-24)34-29(23)22-12-5-3-6-13-22/h3-20,26H,2H2,1H3,(H,33,36)/t26-/m0/s1. The van der Waals surface area contributed by atoms with Crippen LogP contribution in [0.1, 0.15) is 18.9 Å². The Labute approximate surface area is 223 Å². The largest absolute Gasteiger partial charge is 0.479 e. The van der Waals surface area contributed by atoms with Gasteiger partial charge in [0.1, 0.15) is 11.4 Å². The van der Waals surface area contributed by atoms with E-state index >= 15 is 0 Å². The van der Waals surface area contributed by atoms with Gasteiger partial charge < -0.3 is 4.74 Å². The number of rotatable bonds is 8. The summed E-state index contributed by atoms with van der Waals surface area (Å²) in [5.74, 6) is 0.288. The van der Waals surface area contributed by atoms with Crippen molar-refractivity contribution in [3.63, 3.8) is 0 Å². The Morgan fingerprint density at radius 2 is 1.70 bits per heavy atom. The van der Waals surface area contributed by atoms with Crippen LogP contribution >= 0.6 is 15.9 Å². The molecular formula is C30H25BrN4O2. The molecule has 1 N–H and O–H groups in total. The second-order valence-electron chi connectivity index (χ2n) is 8.43. The zero-order valence-electron chi connectivity index (χ0n) is 20.2.